The predicted molar refractivity (Wildman–Crippen MR) is 80.5 cm³/mol. The average molecular weight is 265 g/mol. The van der Waals surface area contributed by atoms with Crippen LogP contribution in [0.5, 0.6) is 0 Å². The van der Waals surface area contributed by atoms with Crippen LogP contribution in [0.4, 0.5) is 5.69 Å². The van der Waals surface area contributed by atoms with Gasteiger partial charge in [-0.1, -0.05) is 0 Å². The van der Waals surface area contributed by atoms with Crippen LogP contribution >= 0.6 is 11.8 Å². The number of piperidine rings is 1. The molecule has 0 amide bonds. The Balaban J connectivity index is 1.78. The lowest BCUT2D eigenvalue weighted by molar-refractivity contribution is 0.389. The van der Waals surface area contributed by atoms with Crippen molar-refractivity contribution in [3.05, 3.63) is 24.5 Å². The fourth-order valence-electron chi connectivity index (χ4n) is 2.56. The van der Waals surface area contributed by atoms with Gasteiger partial charge in [0.25, 0.3) is 0 Å². The van der Waals surface area contributed by atoms with Crippen molar-refractivity contribution in [2.24, 2.45) is 0 Å². The quantitative estimate of drug-likeness (QED) is 0.885. The predicted octanol–water partition coefficient (Wildman–Crippen LogP) is 2.39. The Labute approximate surface area is 114 Å². The first-order chi connectivity index (χ1) is 8.79. The highest BCUT2D eigenvalue weighted by Crippen LogP contribution is 2.19. The molecule has 0 bridgehead atoms. The lowest BCUT2D eigenvalue weighted by Crippen LogP contribution is -2.46. The minimum absolute atomic E-state index is 0.623. The zero-order valence-corrected chi connectivity index (χ0v) is 12.1. The first-order valence-corrected chi connectivity index (χ1v) is 8.09. The van der Waals surface area contributed by atoms with Crippen LogP contribution in [0.1, 0.15) is 19.8 Å². The summed E-state index contributed by atoms with van der Waals surface area (Å²) in [5.41, 5.74) is 1.31. The number of nitrogens with zero attached hydrogens (tertiary/aromatic N) is 2. The maximum Gasteiger partial charge on any atom is 0.0397 e. The number of hydrogen-bond acceptors (Lipinski definition) is 4. The van der Waals surface area contributed by atoms with Gasteiger partial charge in [0.1, 0.15) is 0 Å². The number of hydrogen-bond donors (Lipinski definition) is 1. The SMILES string of the molecule is CSCC(C)NC1CCN(c2ccncc2)CC1. The second-order valence-corrected chi connectivity index (χ2v) is 5.90. The molecule has 1 N–H and O–H groups in total. The van der Waals surface area contributed by atoms with Crippen LogP contribution in [-0.2, 0) is 0 Å². The standard InChI is InChI=1S/C14H23N3S/c1-12(11-18-2)16-13-5-9-17(10-6-13)14-3-7-15-8-4-14/h3-4,7-8,12-13,16H,5-6,9-11H2,1-2H3. The van der Waals surface area contributed by atoms with Crippen molar-refractivity contribution in [2.45, 2.75) is 31.8 Å². The van der Waals surface area contributed by atoms with Crippen LogP contribution in [-0.4, -0.2) is 42.2 Å². The number of anilines is 1. The molecule has 0 saturated carbocycles. The van der Waals surface area contributed by atoms with Crippen molar-refractivity contribution in [2.75, 3.05) is 30.0 Å². The summed E-state index contributed by atoms with van der Waals surface area (Å²) in [6, 6.07) is 5.51. The zero-order valence-electron chi connectivity index (χ0n) is 11.3. The van der Waals surface area contributed by atoms with Gasteiger partial charge in [0.05, 0.1) is 0 Å². The third-order valence-electron chi connectivity index (χ3n) is 3.46. The van der Waals surface area contributed by atoms with E-state index in [0.29, 0.717) is 12.1 Å². The maximum atomic E-state index is 4.07. The van der Waals surface area contributed by atoms with Gasteiger partial charge in [-0.15, -0.1) is 0 Å². The molecule has 0 spiro atoms. The average Bonchev–Trinajstić information content (AvgIpc) is 2.41. The van der Waals surface area contributed by atoms with Crippen LogP contribution in [0.15, 0.2) is 24.5 Å². The summed E-state index contributed by atoms with van der Waals surface area (Å²) < 4.78 is 0. The topological polar surface area (TPSA) is 28.2 Å². The van der Waals surface area contributed by atoms with Crippen LogP contribution < -0.4 is 10.2 Å². The highest BCUT2D eigenvalue weighted by Gasteiger charge is 2.20. The highest BCUT2D eigenvalue weighted by molar-refractivity contribution is 7.98. The summed E-state index contributed by atoms with van der Waals surface area (Å²) in [5.74, 6) is 1.20. The summed E-state index contributed by atoms with van der Waals surface area (Å²) in [6.45, 7) is 4.58. The molecule has 100 valence electrons. The van der Waals surface area contributed by atoms with Gasteiger partial charge in [0.15, 0.2) is 0 Å². The van der Waals surface area contributed by atoms with E-state index in [2.05, 4.69) is 40.5 Å². The molecule has 0 aromatic carbocycles. The molecule has 4 heteroatoms. The molecule has 0 aliphatic carbocycles. The second kappa shape index (κ2) is 7.00. The van der Waals surface area contributed by atoms with Gasteiger partial charge in [0.2, 0.25) is 0 Å². The molecule has 1 atom stereocenters. The molecule has 18 heavy (non-hydrogen) atoms. The fourth-order valence-corrected chi connectivity index (χ4v) is 3.16. The second-order valence-electron chi connectivity index (χ2n) is 4.99. The number of pyridine rings is 1. The molecule has 1 aliphatic heterocycles. The van der Waals surface area contributed by atoms with E-state index in [1.54, 1.807) is 0 Å². The van der Waals surface area contributed by atoms with Crippen molar-refractivity contribution in [3.8, 4) is 0 Å². The van der Waals surface area contributed by atoms with Crippen LogP contribution in [0.2, 0.25) is 0 Å². The largest absolute Gasteiger partial charge is 0.371 e. The minimum atomic E-state index is 0.623. The number of aromatic nitrogens is 1. The van der Waals surface area contributed by atoms with Gasteiger partial charge in [-0.05, 0) is 38.2 Å². The molecule has 0 radical (unpaired) electrons. The number of thioether (sulfide) groups is 1. The summed E-state index contributed by atoms with van der Waals surface area (Å²) >= 11 is 1.92. The van der Waals surface area contributed by atoms with Gasteiger partial charge in [-0.3, -0.25) is 4.98 Å². The Morgan fingerprint density at radius 1 is 1.39 bits per heavy atom. The van der Waals surface area contributed by atoms with E-state index in [1.165, 1.54) is 24.3 Å². The van der Waals surface area contributed by atoms with Crippen LogP contribution in [0.25, 0.3) is 0 Å². The normalized spacial score (nSPS) is 18.9. The smallest absolute Gasteiger partial charge is 0.0397 e. The monoisotopic (exact) mass is 265 g/mol. The molecule has 1 aliphatic rings. The first-order valence-electron chi connectivity index (χ1n) is 6.69. The van der Waals surface area contributed by atoms with E-state index in [0.717, 1.165) is 13.1 Å². The fraction of sp³-hybridized carbons (Fsp3) is 0.643. The van der Waals surface area contributed by atoms with Crippen molar-refractivity contribution in [3.63, 3.8) is 0 Å². The van der Waals surface area contributed by atoms with Crippen molar-refractivity contribution >= 4 is 17.4 Å². The third-order valence-corrected chi connectivity index (χ3v) is 4.29. The van der Waals surface area contributed by atoms with E-state index >= 15 is 0 Å². The lowest BCUT2D eigenvalue weighted by atomic mass is 10.0. The molecule has 3 nitrogen and oxygen atoms in total. The third kappa shape index (κ3) is 3.89. The van der Waals surface area contributed by atoms with Crippen LogP contribution in [0, 0.1) is 0 Å². The molecule has 1 unspecified atom stereocenters. The van der Waals surface area contributed by atoms with Crippen molar-refractivity contribution in [1.29, 1.82) is 0 Å². The molecular formula is C14H23N3S. The summed E-state index contributed by atoms with van der Waals surface area (Å²) in [6.07, 6.45) is 8.40. The summed E-state index contributed by atoms with van der Waals surface area (Å²) in [7, 11) is 0. The molecule has 1 fully saturated rings. The van der Waals surface area contributed by atoms with E-state index in [1.807, 2.05) is 24.2 Å². The minimum Gasteiger partial charge on any atom is -0.371 e. The van der Waals surface area contributed by atoms with E-state index < -0.39 is 0 Å². The van der Waals surface area contributed by atoms with Gasteiger partial charge in [0, 0.05) is 49.0 Å². The van der Waals surface area contributed by atoms with E-state index in [9.17, 15) is 0 Å². The highest BCUT2D eigenvalue weighted by atomic mass is 32.2. The van der Waals surface area contributed by atoms with E-state index in [4.69, 9.17) is 0 Å². The van der Waals surface area contributed by atoms with Gasteiger partial charge < -0.3 is 10.2 Å². The number of rotatable bonds is 5. The lowest BCUT2D eigenvalue weighted by Gasteiger charge is -2.35. The Morgan fingerprint density at radius 2 is 2.06 bits per heavy atom. The van der Waals surface area contributed by atoms with Crippen molar-refractivity contribution in [1.82, 2.24) is 10.3 Å². The Kier molecular flexibility index (Phi) is 5.32. The Bertz CT molecular complexity index is 336. The molecule has 1 aromatic rings. The van der Waals surface area contributed by atoms with E-state index in [-0.39, 0.29) is 0 Å². The first kappa shape index (κ1) is 13.7. The van der Waals surface area contributed by atoms with Gasteiger partial charge in [-0.2, -0.15) is 11.8 Å². The zero-order chi connectivity index (χ0) is 12.8. The molecule has 1 aromatic heterocycles. The Hall–Kier alpha value is -0.740. The summed E-state index contributed by atoms with van der Waals surface area (Å²) in [4.78, 5) is 6.53. The van der Waals surface area contributed by atoms with Gasteiger partial charge >= 0.3 is 0 Å². The molecule has 1 saturated heterocycles. The van der Waals surface area contributed by atoms with Crippen LogP contribution in [0.3, 0.4) is 0 Å². The summed E-state index contributed by atoms with van der Waals surface area (Å²) in [5, 5.41) is 3.73. The Morgan fingerprint density at radius 3 is 2.67 bits per heavy atom. The van der Waals surface area contributed by atoms with Gasteiger partial charge in [-0.25, -0.2) is 0 Å². The number of nitrogens with one attached hydrogen (secondary N) is 1. The maximum absolute atomic E-state index is 4.07. The molecular weight excluding hydrogens is 242 g/mol. The van der Waals surface area contributed by atoms with Crippen molar-refractivity contribution < 1.29 is 0 Å². The molecule has 2 rings (SSSR count). The molecule has 2 heterocycles.